The van der Waals surface area contributed by atoms with Gasteiger partial charge in [0.2, 0.25) is 5.91 Å². The van der Waals surface area contributed by atoms with Crippen molar-refractivity contribution in [3.05, 3.63) is 66.2 Å². The average molecular weight is 345 g/mol. The van der Waals surface area contributed by atoms with E-state index in [1.807, 2.05) is 48.5 Å². The zero-order valence-corrected chi connectivity index (χ0v) is 14.7. The van der Waals surface area contributed by atoms with Crippen molar-refractivity contribution >= 4 is 11.6 Å². The second-order valence-electron chi connectivity index (χ2n) is 6.25. The van der Waals surface area contributed by atoms with E-state index >= 15 is 0 Å². The van der Waals surface area contributed by atoms with Gasteiger partial charge in [-0.25, -0.2) is 0 Å². The first kappa shape index (κ1) is 16.2. The molecule has 1 amide bonds. The van der Waals surface area contributed by atoms with Gasteiger partial charge in [0.1, 0.15) is 18.1 Å². The lowest BCUT2D eigenvalue weighted by Gasteiger charge is -2.24. The molecule has 4 rings (SSSR count). The summed E-state index contributed by atoms with van der Waals surface area (Å²) in [5, 5.41) is 2.83. The van der Waals surface area contributed by atoms with Gasteiger partial charge >= 0.3 is 0 Å². The summed E-state index contributed by atoms with van der Waals surface area (Å²) in [6, 6.07) is 20.0. The molecule has 130 valence electrons. The molecule has 0 saturated heterocycles. The van der Waals surface area contributed by atoms with Gasteiger partial charge in [0.25, 0.3) is 0 Å². The predicted octanol–water partition coefficient (Wildman–Crippen LogP) is 4.88. The smallest absolute Gasteiger partial charge is 0.221 e. The molecule has 4 heteroatoms. The first-order valence-electron chi connectivity index (χ1n) is 8.47. The van der Waals surface area contributed by atoms with Crippen LogP contribution >= 0.6 is 0 Å². The van der Waals surface area contributed by atoms with Crippen LogP contribution in [0.3, 0.4) is 0 Å². The molecular formula is C22H19NO3. The van der Waals surface area contributed by atoms with E-state index in [1.54, 1.807) is 7.11 Å². The minimum Gasteiger partial charge on any atom is -0.497 e. The lowest BCUT2D eigenvalue weighted by atomic mass is 9.89. The van der Waals surface area contributed by atoms with Gasteiger partial charge in [0.15, 0.2) is 0 Å². The van der Waals surface area contributed by atoms with Crippen LogP contribution < -0.4 is 14.8 Å². The van der Waals surface area contributed by atoms with Crippen molar-refractivity contribution in [2.45, 2.75) is 13.5 Å². The standard InChI is InChI=1S/C22H19NO3/c1-14(24)23-17-9-10-20-16(11-17)13-26-21-8-4-7-19(22(20)21)15-5-3-6-18(12-15)25-2/h3-12H,13H2,1-2H3,(H,23,24). The summed E-state index contributed by atoms with van der Waals surface area (Å²) in [5.41, 5.74) is 6.19. The van der Waals surface area contributed by atoms with E-state index in [4.69, 9.17) is 9.47 Å². The molecule has 0 radical (unpaired) electrons. The summed E-state index contributed by atoms with van der Waals surface area (Å²) in [7, 11) is 1.67. The Bertz CT molecular complexity index is 994. The molecule has 3 aromatic rings. The number of nitrogens with one attached hydrogen (secondary N) is 1. The summed E-state index contributed by atoms with van der Waals surface area (Å²) in [6.07, 6.45) is 0. The van der Waals surface area contributed by atoms with Crippen LogP contribution in [0.25, 0.3) is 22.3 Å². The number of ether oxygens (including phenoxy) is 2. The van der Waals surface area contributed by atoms with E-state index in [0.717, 1.165) is 45.0 Å². The van der Waals surface area contributed by atoms with Crippen LogP contribution in [-0.4, -0.2) is 13.0 Å². The summed E-state index contributed by atoms with van der Waals surface area (Å²) >= 11 is 0. The quantitative estimate of drug-likeness (QED) is 0.736. The highest BCUT2D eigenvalue weighted by atomic mass is 16.5. The number of carbonyl (C=O) groups excluding carboxylic acids is 1. The Balaban J connectivity index is 1.86. The molecule has 0 saturated carbocycles. The molecule has 0 spiro atoms. The van der Waals surface area contributed by atoms with Crippen molar-refractivity contribution in [1.29, 1.82) is 0 Å². The van der Waals surface area contributed by atoms with Gasteiger partial charge in [-0.3, -0.25) is 4.79 Å². The third-order valence-corrected chi connectivity index (χ3v) is 4.49. The van der Waals surface area contributed by atoms with Gasteiger partial charge in [-0.15, -0.1) is 0 Å². The molecule has 4 nitrogen and oxygen atoms in total. The van der Waals surface area contributed by atoms with Gasteiger partial charge in [0, 0.05) is 18.2 Å². The molecule has 0 fully saturated rings. The fourth-order valence-corrected chi connectivity index (χ4v) is 3.35. The lowest BCUT2D eigenvalue weighted by molar-refractivity contribution is -0.114. The normalized spacial score (nSPS) is 11.8. The Hall–Kier alpha value is -3.27. The van der Waals surface area contributed by atoms with E-state index in [-0.39, 0.29) is 5.91 Å². The van der Waals surface area contributed by atoms with Crippen molar-refractivity contribution in [3.63, 3.8) is 0 Å². The van der Waals surface area contributed by atoms with E-state index in [2.05, 4.69) is 17.4 Å². The second-order valence-corrected chi connectivity index (χ2v) is 6.25. The minimum absolute atomic E-state index is 0.0841. The maximum absolute atomic E-state index is 11.3. The minimum atomic E-state index is -0.0841. The lowest BCUT2D eigenvalue weighted by Crippen LogP contribution is -2.10. The maximum atomic E-state index is 11.3. The molecule has 1 aliphatic heterocycles. The molecule has 0 bridgehead atoms. The van der Waals surface area contributed by atoms with Crippen LogP contribution in [0.1, 0.15) is 12.5 Å². The van der Waals surface area contributed by atoms with Crippen LogP contribution in [0.15, 0.2) is 60.7 Å². The molecule has 0 aliphatic carbocycles. The third-order valence-electron chi connectivity index (χ3n) is 4.49. The number of fused-ring (bicyclic) bond motifs is 3. The fourth-order valence-electron chi connectivity index (χ4n) is 3.35. The van der Waals surface area contributed by atoms with Crippen molar-refractivity contribution in [3.8, 4) is 33.8 Å². The highest BCUT2D eigenvalue weighted by molar-refractivity contribution is 5.92. The molecular weight excluding hydrogens is 326 g/mol. The van der Waals surface area contributed by atoms with E-state index in [1.165, 1.54) is 6.92 Å². The molecule has 1 heterocycles. The Morgan fingerprint density at radius 1 is 1.04 bits per heavy atom. The fraction of sp³-hybridized carbons (Fsp3) is 0.136. The highest BCUT2D eigenvalue weighted by Crippen LogP contribution is 2.44. The summed E-state index contributed by atoms with van der Waals surface area (Å²) in [4.78, 5) is 11.3. The molecule has 3 aromatic carbocycles. The molecule has 1 aliphatic rings. The second kappa shape index (κ2) is 6.56. The number of hydrogen-bond donors (Lipinski definition) is 1. The van der Waals surface area contributed by atoms with Gasteiger partial charge in [-0.2, -0.15) is 0 Å². The number of anilines is 1. The monoisotopic (exact) mass is 345 g/mol. The van der Waals surface area contributed by atoms with Crippen molar-refractivity contribution in [2.24, 2.45) is 0 Å². The largest absolute Gasteiger partial charge is 0.497 e. The number of carbonyl (C=O) groups is 1. The van der Waals surface area contributed by atoms with E-state index < -0.39 is 0 Å². The third kappa shape index (κ3) is 2.90. The Labute approximate surface area is 152 Å². The van der Waals surface area contributed by atoms with Gasteiger partial charge in [-0.05, 0) is 52.6 Å². The van der Waals surface area contributed by atoms with Gasteiger partial charge in [-0.1, -0.05) is 30.3 Å². The highest BCUT2D eigenvalue weighted by Gasteiger charge is 2.21. The number of benzene rings is 3. The number of methoxy groups -OCH3 is 1. The van der Waals surface area contributed by atoms with E-state index in [0.29, 0.717) is 6.61 Å². The Morgan fingerprint density at radius 3 is 2.69 bits per heavy atom. The predicted molar refractivity (Wildman–Crippen MR) is 103 cm³/mol. The number of rotatable bonds is 3. The molecule has 1 N–H and O–H groups in total. The van der Waals surface area contributed by atoms with Crippen molar-refractivity contribution in [1.82, 2.24) is 0 Å². The zero-order valence-electron chi connectivity index (χ0n) is 14.7. The van der Waals surface area contributed by atoms with E-state index in [9.17, 15) is 4.79 Å². The average Bonchev–Trinajstić information content (AvgIpc) is 2.66. The number of amides is 1. The topological polar surface area (TPSA) is 47.6 Å². The molecule has 0 unspecified atom stereocenters. The first-order chi connectivity index (χ1) is 12.7. The first-order valence-corrected chi connectivity index (χ1v) is 8.47. The Morgan fingerprint density at radius 2 is 1.88 bits per heavy atom. The van der Waals surface area contributed by atoms with Crippen molar-refractivity contribution < 1.29 is 14.3 Å². The van der Waals surface area contributed by atoms with Crippen LogP contribution in [-0.2, 0) is 11.4 Å². The summed E-state index contributed by atoms with van der Waals surface area (Å²) in [6.45, 7) is 1.99. The summed E-state index contributed by atoms with van der Waals surface area (Å²) in [5.74, 6) is 1.60. The van der Waals surface area contributed by atoms with Gasteiger partial charge in [0.05, 0.1) is 7.11 Å². The van der Waals surface area contributed by atoms with Gasteiger partial charge < -0.3 is 14.8 Å². The number of hydrogen-bond acceptors (Lipinski definition) is 3. The molecule has 0 atom stereocenters. The maximum Gasteiger partial charge on any atom is 0.221 e. The van der Waals surface area contributed by atoms with Crippen LogP contribution in [0.2, 0.25) is 0 Å². The summed E-state index contributed by atoms with van der Waals surface area (Å²) < 4.78 is 11.4. The SMILES string of the molecule is COc1cccc(-c2cccc3c2-c2ccc(NC(C)=O)cc2CO3)c1. The molecule has 0 aromatic heterocycles. The Kier molecular flexibility index (Phi) is 4.09. The van der Waals surface area contributed by atoms with Crippen LogP contribution in [0, 0.1) is 0 Å². The molecule has 26 heavy (non-hydrogen) atoms. The van der Waals surface area contributed by atoms with Crippen molar-refractivity contribution in [2.75, 3.05) is 12.4 Å². The van der Waals surface area contributed by atoms with Crippen LogP contribution in [0.5, 0.6) is 11.5 Å². The van der Waals surface area contributed by atoms with Crippen LogP contribution in [0.4, 0.5) is 5.69 Å². The zero-order chi connectivity index (χ0) is 18.1.